The molecule has 2 heterocycles. The van der Waals surface area contributed by atoms with Crippen molar-refractivity contribution >= 4 is 35.1 Å². The molecule has 1 amide bonds. The Morgan fingerprint density at radius 1 is 1.27 bits per heavy atom. The number of carbonyl (C=O) groups excluding carboxylic acids is 1. The lowest BCUT2D eigenvalue weighted by molar-refractivity contribution is 0.0762. The SMILES string of the molecule is NC1=C(N(N)c2ncc(F)cn2)CCN(C(=O)c2cccc(Cl)c2Cl)C1. The van der Waals surface area contributed by atoms with Crippen LogP contribution < -0.4 is 16.6 Å². The third-order valence-corrected chi connectivity index (χ3v) is 4.75. The zero-order chi connectivity index (χ0) is 18.8. The lowest BCUT2D eigenvalue weighted by Crippen LogP contribution is -2.44. The summed E-state index contributed by atoms with van der Waals surface area (Å²) in [6.07, 6.45) is 2.41. The average Bonchev–Trinajstić information content (AvgIpc) is 2.63. The van der Waals surface area contributed by atoms with Gasteiger partial charge in [0.25, 0.3) is 5.91 Å². The minimum Gasteiger partial charge on any atom is -0.399 e. The molecule has 10 heteroatoms. The Kier molecular flexibility index (Phi) is 5.26. The van der Waals surface area contributed by atoms with Crippen LogP contribution in [0.3, 0.4) is 0 Å². The quantitative estimate of drug-likeness (QED) is 0.609. The number of rotatable bonds is 3. The summed E-state index contributed by atoms with van der Waals surface area (Å²) in [5.74, 6) is 5.26. The highest BCUT2D eigenvalue weighted by molar-refractivity contribution is 6.43. The van der Waals surface area contributed by atoms with Gasteiger partial charge in [0.05, 0.1) is 40.2 Å². The number of carbonyl (C=O) groups is 1. The van der Waals surface area contributed by atoms with Gasteiger partial charge in [-0.3, -0.25) is 4.79 Å². The molecule has 4 N–H and O–H groups in total. The van der Waals surface area contributed by atoms with Crippen LogP contribution in [-0.2, 0) is 0 Å². The number of nitrogens with zero attached hydrogens (tertiary/aromatic N) is 4. The minimum atomic E-state index is -0.567. The summed E-state index contributed by atoms with van der Waals surface area (Å²) in [6, 6.07) is 4.87. The second kappa shape index (κ2) is 7.45. The molecule has 0 fully saturated rings. The molecule has 7 nitrogen and oxygen atoms in total. The monoisotopic (exact) mass is 396 g/mol. The Labute approximate surface area is 159 Å². The molecule has 26 heavy (non-hydrogen) atoms. The van der Waals surface area contributed by atoms with Gasteiger partial charge >= 0.3 is 0 Å². The molecule has 1 aliphatic heterocycles. The summed E-state index contributed by atoms with van der Waals surface area (Å²) >= 11 is 12.1. The third-order valence-electron chi connectivity index (χ3n) is 3.93. The summed E-state index contributed by atoms with van der Waals surface area (Å²) in [4.78, 5) is 21.9. The number of hydrogen-bond donors (Lipinski definition) is 2. The predicted molar refractivity (Wildman–Crippen MR) is 96.9 cm³/mol. The average molecular weight is 397 g/mol. The van der Waals surface area contributed by atoms with Crippen molar-refractivity contribution in [3.05, 3.63) is 63.4 Å². The molecule has 0 unspecified atom stereocenters. The Bertz CT molecular complexity index is 874. The molecule has 0 saturated carbocycles. The van der Waals surface area contributed by atoms with E-state index >= 15 is 0 Å². The van der Waals surface area contributed by atoms with Gasteiger partial charge < -0.3 is 10.6 Å². The Hall–Kier alpha value is -2.42. The van der Waals surface area contributed by atoms with Crippen LogP contribution in [0.2, 0.25) is 10.0 Å². The molecule has 1 aliphatic rings. The molecule has 0 atom stereocenters. The molecule has 1 aromatic carbocycles. The van der Waals surface area contributed by atoms with Crippen LogP contribution in [0.1, 0.15) is 16.8 Å². The van der Waals surface area contributed by atoms with E-state index in [1.165, 1.54) is 5.01 Å². The number of halogens is 3. The van der Waals surface area contributed by atoms with E-state index in [0.29, 0.717) is 34.9 Å². The fraction of sp³-hybridized carbons (Fsp3) is 0.188. The van der Waals surface area contributed by atoms with Crippen molar-refractivity contribution in [3.63, 3.8) is 0 Å². The maximum atomic E-state index is 12.9. The number of nitrogens with two attached hydrogens (primary N) is 2. The van der Waals surface area contributed by atoms with Crippen molar-refractivity contribution in [1.29, 1.82) is 0 Å². The van der Waals surface area contributed by atoms with Crippen LogP contribution in [0.5, 0.6) is 0 Å². The summed E-state index contributed by atoms with van der Waals surface area (Å²) in [6.45, 7) is 0.526. The molecule has 0 radical (unpaired) electrons. The molecule has 0 bridgehead atoms. The smallest absolute Gasteiger partial charge is 0.255 e. The van der Waals surface area contributed by atoms with Crippen molar-refractivity contribution in [2.75, 3.05) is 18.1 Å². The van der Waals surface area contributed by atoms with Gasteiger partial charge in [0, 0.05) is 18.7 Å². The number of hydrogen-bond acceptors (Lipinski definition) is 6. The first kappa shape index (κ1) is 18.4. The molecular formula is C16H15Cl2FN6O. The lowest BCUT2D eigenvalue weighted by Gasteiger charge is -2.32. The van der Waals surface area contributed by atoms with E-state index in [4.69, 9.17) is 34.8 Å². The number of anilines is 1. The largest absolute Gasteiger partial charge is 0.399 e. The summed E-state index contributed by atoms with van der Waals surface area (Å²) in [5.41, 5.74) is 7.36. The van der Waals surface area contributed by atoms with Gasteiger partial charge in [-0.2, -0.15) is 0 Å². The van der Waals surface area contributed by atoms with Gasteiger partial charge in [0.1, 0.15) is 0 Å². The fourth-order valence-electron chi connectivity index (χ4n) is 2.62. The minimum absolute atomic E-state index is 0.113. The van der Waals surface area contributed by atoms with E-state index < -0.39 is 5.82 Å². The van der Waals surface area contributed by atoms with E-state index in [0.717, 1.165) is 12.4 Å². The highest BCUT2D eigenvalue weighted by atomic mass is 35.5. The Balaban J connectivity index is 1.79. The van der Waals surface area contributed by atoms with Crippen LogP contribution in [0.25, 0.3) is 0 Å². The van der Waals surface area contributed by atoms with Gasteiger partial charge in [-0.25, -0.2) is 25.2 Å². The summed E-state index contributed by atoms with van der Waals surface area (Å²) < 4.78 is 12.9. The van der Waals surface area contributed by atoms with Crippen LogP contribution in [0.4, 0.5) is 10.3 Å². The zero-order valence-corrected chi connectivity index (χ0v) is 15.0. The summed E-state index contributed by atoms with van der Waals surface area (Å²) in [7, 11) is 0. The number of amides is 1. The second-order valence-electron chi connectivity index (χ2n) is 5.62. The standard InChI is InChI=1S/C16H15Cl2FN6O/c17-11-3-1-2-10(14(11)18)15(26)24-5-4-13(12(20)8-24)25(21)16-22-6-9(19)7-23-16/h1-3,6-7H,4-5,8,20-21H2. The summed E-state index contributed by atoms with van der Waals surface area (Å²) in [5, 5.41) is 1.70. The van der Waals surface area contributed by atoms with E-state index in [9.17, 15) is 9.18 Å². The first-order chi connectivity index (χ1) is 12.4. The normalized spacial score (nSPS) is 14.5. The van der Waals surface area contributed by atoms with Crippen molar-refractivity contribution < 1.29 is 9.18 Å². The first-order valence-electron chi connectivity index (χ1n) is 7.61. The second-order valence-corrected chi connectivity index (χ2v) is 6.41. The Morgan fingerprint density at radius 2 is 1.96 bits per heavy atom. The van der Waals surface area contributed by atoms with Crippen molar-refractivity contribution in [1.82, 2.24) is 14.9 Å². The fourth-order valence-corrected chi connectivity index (χ4v) is 3.00. The van der Waals surface area contributed by atoms with Crippen LogP contribution >= 0.6 is 23.2 Å². The Morgan fingerprint density at radius 3 is 2.62 bits per heavy atom. The van der Waals surface area contributed by atoms with E-state index in [2.05, 4.69) is 9.97 Å². The lowest BCUT2D eigenvalue weighted by atomic mass is 10.1. The van der Waals surface area contributed by atoms with Gasteiger partial charge in [0.15, 0.2) is 5.82 Å². The molecule has 3 rings (SSSR count). The van der Waals surface area contributed by atoms with Crippen LogP contribution in [0, 0.1) is 5.82 Å². The first-order valence-corrected chi connectivity index (χ1v) is 8.37. The highest BCUT2D eigenvalue weighted by Crippen LogP contribution is 2.28. The third kappa shape index (κ3) is 3.57. The van der Waals surface area contributed by atoms with Gasteiger partial charge in [-0.05, 0) is 12.1 Å². The molecule has 136 valence electrons. The van der Waals surface area contributed by atoms with Gasteiger partial charge in [0.2, 0.25) is 5.95 Å². The zero-order valence-electron chi connectivity index (χ0n) is 13.5. The van der Waals surface area contributed by atoms with E-state index in [1.807, 2.05) is 0 Å². The molecule has 1 aromatic heterocycles. The molecular weight excluding hydrogens is 382 g/mol. The van der Waals surface area contributed by atoms with E-state index in [-0.39, 0.29) is 23.4 Å². The molecule has 2 aromatic rings. The number of hydrazine groups is 1. The maximum Gasteiger partial charge on any atom is 0.255 e. The predicted octanol–water partition coefficient (Wildman–Crippen LogP) is 2.32. The van der Waals surface area contributed by atoms with Crippen LogP contribution in [-0.4, -0.2) is 33.9 Å². The molecule has 0 saturated heterocycles. The van der Waals surface area contributed by atoms with E-state index in [1.54, 1.807) is 23.1 Å². The number of aromatic nitrogens is 2. The van der Waals surface area contributed by atoms with Crippen molar-refractivity contribution in [3.8, 4) is 0 Å². The topological polar surface area (TPSA) is 101 Å². The van der Waals surface area contributed by atoms with Crippen molar-refractivity contribution in [2.45, 2.75) is 6.42 Å². The van der Waals surface area contributed by atoms with Crippen molar-refractivity contribution in [2.24, 2.45) is 11.6 Å². The van der Waals surface area contributed by atoms with Gasteiger partial charge in [-0.15, -0.1) is 0 Å². The molecule has 0 spiro atoms. The maximum absolute atomic E-state index is 12.9. The number of benzene rings is 1. The molecule has 0 aliphatic carbocycles. The highest BCUT2D eigenvalue weighted by Gasteiger charge is 2.27. The van der Waals surface area contributed by atoms with Gasteiger partial charge in [-0.1, -0.05) is 29.3 Å². The van der Waals surface area contributed by atoms with Crippen LogP contribution in [0.15, 0.2) is 42.0 Å².